The lowest BCUT2D eigenvalue weighted by molar-refractivity contribution is -0.119. The number of aromatic nitrogens is 3. The Hall–Kier alpha value is -2.68. The van der Waals surface area contributed by atoms with Crippen LogP contribution in [0.15, 0.2) is 29.4 Å². The van der Waals surface area contributed by atoms with Crippen molar-refractivity contribution in [2.45, 2.75) is 45.3 Å². The molecule has 0 aliphatic rings. The summed E-state index contributed by atoms with van der Waals surface area (Å²) in [7, 11) is 0. The lowest BCUT2D eigenvalue weighted by atomic mass is 10.1. The second kappa shape index (κ2) is 10.0. The van der Waals surface area contributed by atoms with E-state index in [9.17, 15) is 14.4 Å². The number of ketones is 1. The van der Waals surface area contributed by atoms with Gasteiger partial charge < -0.3 is 15.6 Å². The maximum absolute atomic E-state index is 12.5. The van der Waals surface area contributed by atoms with Crippen molar-refractivity contribution in [3.8, 4) is 0 Å². The Balaban J connectivity index is 1.96. The number of rotatable bonds is 10. The fourth-order valence-corrected chi connectivity index (χ4v) is 3.32. The highest BCUT2D eigenvalue weighted by atomic mass is 32.2. The number of primary amides is 1. The molecule has 0 aliphatic heterocycles. The molecule has 28 heavy (non-hydrogen) atoms. The van der Waals surface area contributed by atoms with Crippen LogP contribution in [-0.4, -0.2) is 38.1 Å². The van der Waals surface area contributed by atoms with E-state index in [-0.39, 0.29) is 35.7 Å². The van der Waals surface area contributed by atoms with Crippen LogP contribution in [-0.2, 0) is 22.6 Å². The average molecular weight is 404 g/mol. The van der Waals surface area contributed by atoms with Crippen LogP contribution >= 0.6 is 11.8 Å². The number of hydrogen-bond acceptors (Lipinski definition) is 6. The summed E-state index contributed by atoms with van der Waals surface area (Å²) < 4.78 is 1.88. The van der Waals surface area contributed by atoms with Gasteiger partial charge in [0.1, 0.15) is 5.82 Å². The molecule has 0 aliphatic carbocycles. The first-order valence-corrected chi connectivity index (χ1v) is 10.1. The molecule has 1 aromatic carbocycles. The van der Waals surface area contributed by atoms with Crippen LogP contribution in [0.2, 0.25) is 0 Å². The predicted octanol–water partition coefficient (Wildman–Crippen LogP) is 2.29. The number of hydrogen-bond donors (Lipinski definition) is 2. The van der Waals surface area contributed by atoms with Crippen LogP contribution in [0.3, 0.4) is 0 Å². The molecule has 8 nitrogen and oxygen atoms in total. The maximum atomic E-state index is 12.5. The largest absolute Gasteiger partial charge is 0.370 e. The molecule has 2 rings (SSSR count). The minimum atomic E-state index is -0.386. The van der Waals surface area contributed by atoms with Gasteiger partial charge in [-0.2, -0.15) is 0 Å². The summed E-state index contributed by atoms with van der Waals surface area (Å²) >= 11 is 1.30. The predicted molar refractivity (Wildman–Crippen MR) is 108 cm³/mol. The summed E-state index contributed by atoms with van der Waals surface area (Å²) in [6, 6.07) is 6.83. The number of aryl methyl sites for hydroxylation is 1. The van der Waals surface area contributed by atoms with Gasteiger partial charge in [-0.15, -0.1) is 10.2 Å². The topological polar surface area (TPSA) is 120 Å². The molecular formula is C19H25N5O3S. The first-order valence-electron chi connectivity index (χ1n) is 9.09. The fraction of sp³-hybridized carbons (Fsp3) is 0.421. The maximum Gasteiger partial charge on any atom is 0.226 e. The highest BCUT2D eigenvalue weighted by molar-refractivity contribution is 7.99. The molecule has 0 bridgehead atoms. The van der Waals surface area contributed by atoms with Crippen molar-refractivity contribution in [1.82, 2.24) is 14.8 Å². The molecule has 0 atom stereocenters. The van der Waals surface area contributed by atoms with E-state index in [1.54, 1.807) is 24.3 Å². The van der Waals surface area contributed by atoms with Gasteiger partial charge in [-0.05, 0) is 31.2 Å². The average Bonchev–Trinajstić information content (AvgIpc) is 3.06. The summed E-state index contributed by atoms with van der Waals surface area (Å²) in [5.41, 5.74) is 6.41. The zero-order valence-corrected chi connectivity index (χ0v) is 17.1. The summed E-state index contributed by atoms with van der Waals surface area (Å²) in [6.45, 7) is 6.23. The molecule has 2 amide bonds. The monoisotopic (exact) mass is 403 g/mol. The highest BCUT2D eigenvalue weighted by Crippen LogP contribution is 2.20. The second-order valence-electron chi connectivity index (χ2n) is 6.54. The van der Waals surface area contributed by atoms with Gasteiger partial charge in [-0.3, -0.25) is 14.4 Å². The molecule has 150 valence electrons. The third-order valence-electron chi connectivity index (χ3n) is 4.04. The van der Waals surface area contributed by atoms with E-state index in [1.165, 1.54) is 11.8 Å². The van der Waals surface area contributed by atoms with Crippen LogP contribution in [0.25, 0.3) is 0 Å². The Morgan fingerprint density at radius 1 is 1.18 bits per heavy atom. The number of benzene rings is 1. The Kier molecular flexibility index (Phi) is 7.74. The van der Waals surface area contributed by atoms with Crippen LogP contribution in [0, 0.1) is 5.92 Å². The number of Topliss-reactive ketones (excluding diaryl/α,β-unsaturated/α-hetero) is 1. The lowest BCUT2D eigenvalue weighted by Gasteiger charge is -2.08. The van der Waals surface area contributed by atoms with Crippen LogP contribution in [0.1, 0.15) is 43.4 Å². The standard InChI is InChI=1S/C19H25N5O3S/c1-4-24-17(10-9-16(20)26)22-23-19(24)28-11-15(25)13-5-7-14(8-6-13)21-18(27)12(2)3/h5-8,12H,4,9-11H2,1-3H3,(H2,20,26)(H,21,27). The van der Waals surface area contributed by atoms with Gasteiger partial charge >= 0.3 is 0 Å². The number of amides is 2. The third kappa shape index (κ3) is 5.91. The molecular weight excluding hydrogens is 378 g/mol. The van der Waals surface area contributed by atoms with E-state index in [0.717, 1.165) is 0 Å². The van der Waals surface area contributed by atoms with Crippen molar-refractivity contribution in [2.75, 3.05) is 11.1 Å². The quantitative estimate of drug-likeness (QED) is 0.464. The molecule has 1 aromatic heterocycles. The zero-order chi connectivity index (χ0) is 20.7. The Morgan fingerprint density at radius 3 is 2.43 bits per heavy atom. The van der Waals surface area contributed by atoms with Crippen molar-refractivity contribution >= 4 is 35.0 Å². The van der Waals surface area contributed by atoms with Crippen LogP contribution in [0.4, 0.5) is 5.69 Å². The minimum absolute atomic E-state index is 0.0453. The van der Waals surface area contributed by atoms with Gasteiger partial charge in [0.25, 0.3) is 0 Å². The summed E-state index contributed by atoms with van der Waals surface area (Å²) in [6.07, 6.45) is 0.635. The van der Waals surface area contributed by atoms with Crippen molar-refractivity contribution in [1.29, 1.82) is 0 Å². The van der Waals surface area contributed by atoms with E-state index in [1.807, 2.05) is 25.3 Å². The molecule has 1 heterocycles. The number of thioether (sulfide) groups is 1. The first-order chi connectivity index (χ1) is 13.3. The van der Waals surface area contributed by atoms with Crippen molar-refractivity contribution in [2.24, 2.45) is 11.7 Å². The molecule has 0 saturated heterocycles. The number of carbonyl (C=O) groups is 3. The Bertz CT molecular complexity index is 846. The summed E-state index contributed by atoms with van der Waals surface area (Å²) in [4.78, 5) is 35.1. The van der Waals surface area contributed by atoms with Gasteiger partial charge in [0.2, 0.25) is 11.8 Å². The van der Waals surface area contributed by atoms with Crippen molar-refractivity contribution in [3.05, 3.63) is 35.7 Å². The Labute approximate surface area is 168 Å². The molecule has 2 aromatic rings. The zero-order valence-electron chi connectivity index (χ0n) is 16.3. The van der Waals surface area contributed by atoms with Gasteiger partial charge in [0, 0.05) is 36.6 Å². The van der Waals surface area contributed by atoms with E-state index in [4.69, 9.17) is 5.73 Å². The SMILES string of the molecule is CCn1c(CCC(N)=O)nnc1SCC(=O)c1ccc(NC(=O)C(C)C)cc1. The van der Waals surface area contributed by atoms with Crippen LogP contribution in [0.5, 0.6) is 0 Å². The molecule has 0 spiro atoms. The minimum Gasteiger partial charge on any atom is -0.370 e. The van der Waals surface area contributed by atoms with E-state index < -0.39 is 0 Å². The number of anilines is 1. The molecule has 0 fully saturated rings. The van der Waals surface area contributed by atoms with Gasteiger partial charge in [-0.25, -0.2) is 0 Å². The summed E-state index contributed by atoms with van der Waals surface area (Å²) in [5.74, 6) is 0.286. The Morgan fingerprint density at radius 2 is 1.86 bits per heavy atom. The summed E-state index contributed by atoms with van der Waals surface area (Å²) in [5, 5.41) is 11.6. The molecule has 3 N–H and O–H groups in total. The highest BCUT2D eigenvalue weighted by Gasteiger charge is 2.15. The molecule has 0 saturated carbocycles. The number of nitrogens with zero attached hydrogens (tertiary/aromatic N) is 3. The molecule has 0 radical (unpaired) electrons. The lowest BCUT2D eigenvalue weighted by Crippen LogP contribution is -2.17. The second-order valence-corrected chi connectivity index (χ2v) is 7.49. The fourth-order valence-electron chi connectivity index (χ4n) is 2.40. The third-order valence-corrected chi connectivity index (χ3v) is 5.00. The molecule has 0 unspecified atom stereocenters. The number of nitrogens with one attached hydrogen (secondary N) is 1. The van der Waals surface area contributed by atoms with E-state index in [0.29, 0.717) is 35.2 Å². The number of nitrogens with two attached hydrogens (primary N) is 1. The smallest absolute Gasteiger partial charge is 0.226 e. The normalized spacial score (nSPS) is 10.9. The van der Waals surface area contributed by atoms with Gasteiger partial charge in [0.15, 0.2) is 10.9 Å². The van der Waals surface area contributed by atoms with Crippen LogP contribution < -0.4 is 11.1 Å². The molecule has 9 heteroatoms. The van der Waals surface area contributed by atoms with Crippen molar-refractivity contribution < 1.29 is 14.4 Å². The first kappa shape index (κ1) is 21.6. The number of carbonyl (C=O) groups excluding carboxylic acids is 3. The van der Waals surface area contributed by atoms with E-state index in [2.05, 4.69) is 15.5 Å². The van der Waals surface area contributed by atoms with Gasteiger partial charge in [0.05, 0.1) is 5.75 Å². The van der Waals surface area contributed by atoms with Crippen molar-refractivity contribution in [3.63, 3.8) is 0 Å². The van der Waals surface area contributed by atoms with E-state index >= 15 is 0 Å². The van der Waals surface area contributed by atoms with Gasteiger partial charge in [-0.1, -0.05) is 25.6 Å².